The normalized spacial score (nSPS) is 10.3. The van der Waals surface area contributed by atoms with Gasteiger partial charge in [0.15, 0.2) is 0 Å². The van der Waals surface area contributed by atoms with E-state index in [9.17, 15) is 5.26 Å². The Balaban J connectivity index is 2.91. The number of hydrogen-bond acceptors (Lipinski definition) is 3. The first-order valence-electron chi connectivity index (χ1n) is 6.76. The number of nitrogens with two attached hydrogens (primary N) is 1. The van der Waals surface area contributed by atoms with E-state index in [-0.39, 0.29) is 0 Å². The topological polar surface area (TPSA) is 62.7 Å². The van der Waals surface area contributed by atoms with Crippen molar-refractivity contribution in [2.45, 2.75) is 34.1 Å². The summed E-state index contributed by atoms with van der Waals surface area (Å²) >= 11 is 0. The Bertz CT molecular complexity index is 709. The second kappa shape index (κ2) is 5.34. The van der Waals surface area contributed by atoms with Crippen LogP contribution in [0.5, 0.6) is 0 Å². The smallest absolute Gasteiger partial charge is 0.142 e. The number of nitrogens with zero attached hydrogens (tertiary/aromatic N) is 2. The van der Waals surface area contributed by atoms with Crippen molar-refractivity contribution in [2.24, 2.45) is 0 Å². The lowest BCUT2D eigenvalue weighted by Crippen LogP contribution is -2.05. The maximum Gasteiger partial charge on any atom is 0.142 e. The molecule has 0 aliphatic heterocycles. The van der Waals surface area contributed by atoms with Gasteiger partial charge in [-0.3, -0.25) is 0 Å². The van der Waals surface area contributed by atoms with Crippen LogP contribution in [0.1, 0.15) is 34.9 Å². The summed E-state index contributed by atoms with van der Waals surface area (Å²) in [6, 6.07) is 8.50. The molecule has 0 aliphatic rings. The molecule has 0 bridgehead atoms. The molecular formula is C17H19N3. The quantitative estimate of drug-likeness (QED) is 0.900. The van der Waals surface area contributed by atoms with E-state index in [4.69, 9.17) is 5.73 Å². The first kappa shape index (κ1) is 14.1. The standard InChI is InChI=1S/C17H19N3/c1-5-13-12(4)20-17(19)15(9-18)16(13)14-8-10(2)6-7-11(14)3/h6-8H,5H2,1-4H3,(H2,19,20). The van der Waals surface area contributed by atoms with Gasteiger partial charge < -0.3 is 5.73 Å². The Hall–Kier alpha value is -2.34. The van der Waals surface area contributed by atoms with Gasteiger partial charge in [0, 0.05) is 11.3 Å². The van der Waals surface area contributed by atoms with Gasteiger partial charge in [0.1, 0.15) is 17.5 Å². The molecule has 1 aromatic carbocycles. The average Bonchev–Trinajstić information content (AvgIpc) is 2.41. The highest BCUT2D eigenvalue weighted by molar-refractivity contribution is 5.81. The van der Waals surface area contributed by atoms with E-state index in [1.165, 1.54) is 5.56 Å². The van der Waals surface area contributed by atoms with Crippen LogP contribution in [0.25, 0.3) is 11.1 Å². The minimum atomic E-state index is 0.318. The van der Waals surface area contributed by atoms with Crippen molar-refractivity contribution in [2.75, 3.05) is 5.73 Å². The van der Waals surface area contributed by atoms with Crippen molar-refractivity contribution in [3.63, 3.8) is 0 Å². The Morgan fingerprint density at radius 3 is 2.55 bits per heavy atom. The van der Waals surface area contributed by atoms with Crippen LogP contribution in [-0.4, -0.2) is 4.98 Å². The third-order valence-electron chi connectivity index (χ3n) is 3.66. The SMILES string of the molecule is CCc1c(C)nc(N)c(C#N)c1-c1cc(C)ccc1C. The van der Waals surface area contributed by atoms with Crippen LogP contribution in [-0.2, 0) is 6.42 Å². The van der Waals surface area contributed by atoms with Crippen LogP contribution in [0.3, 0.4) is 0 Å². The first-order chi connectivity index (χ1) is 9.49. The van der Waals surface area contributed by atoms with Gasteiger partial charge in [0.25, 0.3) is 0 Å². The average molecular weight is 265 g/mol. The number of anilines is 1. The molecule has 0 radical (unpaired) electrons. The number of aromatic nitrogens is 1. The fourth-order valence-corrected chi connectivity index (χ4v) is 2.61. The first-order valence-corrected chi connectivity index (χ1v) is 6.76. The Morgan fingerprint density at radius 1 is 1.25 bits per heavy atom. The summed E-state index contributed by atoms with van der Waals surface area (Å²) < 4.78 is 0. The number of rotatable bonds is 2. The van der Waals surface area contributed by atoms with Crippen molar-refractivity contribution in [3.05, 3.63) is 46.1 Å². The van der Waals surface area contributed by atoms with Gasteiger partial charge >= 0.3 is 0 Å². The van der Waals surface area contributed by atoms with Crippen molar-refractivity contribution < 1.29 is 0 Å². The molecule has 1 aromatic heterocycles. The van der Waals surface area contributed by atoms with Crippen LogP contribution < -0.4 is 5.73 Å². The van der Waals surface area contributed by atoms with Gasteiger partial charge in [-0.2, -0.15) is 5.26 Å². The summed E-state index contributed by atoms with van der Waals surface area (Å²) in [6.07, 6.45) is 0.830. The molecule has 1 heterocycles. The predicted octanol–water partition coefficient (Wildman–Crippen LogP) is 3.69. The monoisotopic (exact) mass is 265 g/mol. The molecule has 0 amide bonds. The molecule has 0 aliphatic carbocycles. The molecule has 0 unspecified atom stereocenters. The van der Waals surface area contributed by atoms with Crippen molar-refractivity contribution in [1.82, 2.24) is 4.98 Å². The minimum Gasteiger partial charge on any atom is -0.383 e. The molecule has 0 spiro atoms. The summed E-state index contributed by atoms with van der Waals surface area (Å²) in [5, 5.41) is 9.46. The van der Waals surface area contributed by atoms with Gasteiger partial charge in [-0.15, -0.1) is 0 Å². The van der Waals surface area contributed by atoms with Crippen LogP contribution in [0.2, 0.25) is 0 Å². The molecule has 20 heavy (non-hydrogen) atoms. The maximum atomic E-state index is 9.46. The van der Waals surface area contributed by atoms with E-state index < -0.39 is 0 Å². The third-order valence-corrected chi connectivity index (χ3v) is 3.66. The Labute approximate surface area is 120 Å². The zero-order chi connectivity index (χ0) is 14.9. The molecule has 2 aromatic rings. The van der Waals surface area contributed by atoms with Gasteiger partial charge in [0.05, 0.1) is 0 Å². The second-order valence-corrected chi connectivity index (χ2v) is 5.09. The summed E-state index contributed by atoms with van der Waals surface area (Å²) in [7, 11) is 0. The Morgan fingerprint density at radius 2 is 1.95 bits per heavy atom. The van der Waals surface area contributed by atoms with Crippen molar-refractivity contribution in [3.8, 4) is 17.2 Å². The fourth-order valence-electron chi connectivity index (χ4n) is 2.61. The van der Waals surface area contributed by atoms with Crippen LogP contribution >= 0.6 is 0 Å². The molecule has 0 atom stereocenters. The molecule has 3 heteroatoms. The molecule has 0 saturated carbocycles. The van der Waals surface area contributed by atoms with E-state index in [2.05, 4.69) is 50.0 Å². The largest absolute Gasteiger partial charge is 0.383 e. The number of nitriles is 1. The molecule has 0 saturated heterocycles. The van der Waals surface area contributed by atoms with E-state index in [0.717, 1.165) is 34.4 Å². The lowest BCUT2D eigenvalue weighted by molar-refractivity contribution is 1.05. The van der Waals surface area contributed by atoms with Gasteiger partial charge in [-0.05, 0) is 43.9 Å². The fraction of sp³-hybridized carbons (Fsp3) is 0.294. The number of pyridine rings is 1. The number of hydrogen-bond donors (Lipinski definition) is 1. The summed E-state index contributed by atoms with van der Waals surface area (Å²) in [5.41, 5.74) is 12.8. The van der Waals surface area contributed by atoms with E-state index in [1.807, 2.05) is 6.92 Å². The van der Waals surface area contributed by atoms with Gasteiger partial charge in [-0.25, -0.2) is 4.98 Å². The zero-order valence-corrected chi connectivity index (χ0v) is 12.4. The highest BCUT2D eigenvalue weighted by atomic mass is 14.8. The van der Waals surface area contributed by atoms with E-state index in [0.29, 0.717) is 11.4 Å². The molecule has 102 valence electrons. The number of benzene rings is 1. The molecule has 2 rings (SSSR count). The van der Waals surface area contributed by atoms with Gasteiger partial charge in [0.2, 0.25) is 0 Å². The van der Waals surface area contributed by atoms with E-state index >= 15 is 0 Å². The Kier molecular flexibility index (Phi) is 3.76. The summed E-state index contributed by atoms with van der Waals surface area (Å²) in [5.74, 6) is 0.318. The second-order valence-electron chi connectivity index (χ2n) is 5.09. The van der Waals surface area contributed by atoms with Crippen LogP contribution in [0.4, 0.5) is 5.82 Å². The lowest BCUT2D eigenvalue weighted by Gasteiger charge is -2.16. The molecule has 2 N–H and O–H groups in total. The van der Waals surface area contributed by atoms with Crippen LogP contribution in [0.15, 0.2) is 18.2 Å². The predicted molar refractivity (Wildman–Crippen MR) is 82.4 cm³/mol. The summed E-state index contributed by atoms with van der Waals surface area (Å²) in [6.45, 7) is 8.14. The third kappa shape index (κ3) is 2.25. The number of aryl methyl sites for hydroxylation is 3. The molecule has 0 fully saturated rings. The number of nitrogen functional groups attached to an aromatic ring is 1. The minimum absolute atomic E-state index is 0.318. The summed E-state index contributed by atoms with van der Waals surface area (Å²) in [4.78, 5) is 4.31. The molecule has 3 nitrogen and oxygen atoms in total. The van der Waals surface area contributed by atoms with Crippen molar-refractivity contribution >= 4 is 5.82 Å². The van der Waals surface area contributed by atoms with Gasteiger partial charge in [-0.1, -0.05) is 30.7 Å². The highest BCUT2D eigenvalue weighted by Gasteiger charge is 2.18. The van der Waals surface area contributed by atoms with E-state index in [1.54, 1.807) is 0 Å². The van der Waals surface area contributed by atoms with Crippen molar-refractivity contribution in [1.29, 1.82) is 5.26 Å². The molecular weight excluding hydrogens is 246 g/mol. The highest BCUT2D eigenvalue weighted by Crippen LogP contribution is 2.34. The lowest BCUT2D eigenvalue weighted by atomic mass is 9.89. The maximum absolute atomic E-state index is 9.46. The zero-order valence-electron chi connectivity index (χ0n) is 12.4. The van der Waals surface area contributed by atoms with Crippen LogP contribution in [0, 0.1) is 32.1 Å².